The summed E-state index contributed by atoms with van der Waals surface area (Å²) in [5.74, 6) is 0.752. The third kappa shape index (κ3) is 2.95. The number of hydrogen-bond donors (Lipinski definition) is 1. The zero-order valence-corrected chi connectivity index (χ0v) is 10.3. The quantitative estimate of drug-likeness (QED) is 0.859. The minimum absolute atomic E-state index is 0.0416. The first-order valence-corrected chi connectivity index (χ1v) is 6.60. The highest BCUT2D eigenvalue weighted by molar-refractivity contribution is 7.07. The maximum atomic E-state index is 11.8. The van der Waals surface area contributed by atoms with E-state index in [0.29, 0.717) is 6.54 Å². The number of piperidine rings is 1. The molecule has 0 spiro atoms. The fourth-order valence-corrected chi connectivity index (χ4v) is 2.37. The molecule has 5 heteroatoms. The normalized spacial score (nSPS) is 17.4. The van der Waals surface area contributed by atoms with Gasteiger partial charge in [-0.15, -0.1) is 11.3 Å². The van der Waals surface area contributed by atoms with Gasteiger partial charge >= 0.3 is 6.03 Å². The van der Waals surface area contributed by atoms with E-state index in [1.165, 1.54) is 0 Å². The molecule has 1 aliphatic heterocycles. The van der Waals surface area contributed by atoms with Gasteiger partial charge < -0.3 is 10.2 Å². The van der Waals surface area contributed by atoms with Gasteiger partial charge in [0.1, 0.15) is 0 Å². The van der Waals surface area contributed by atoms with Crippen molar-refractivity contribution in [3.63, 3.8) is 0 Å². The summed E-state index contributed by atoms with van der Waals surface area (Å²) in [6.07, 6.45) is 2.23. The van der Waals surface area contributed by atoms with Gasteiger partial charge in [-0.1, -0.05) is 6.92 Å². The van der Waals surface area contributed by atoms with Crippen LogP contribution in [0.4, 0.5) is 4.79 Å². The number of hydrogen-bond acceptors (Lipinski definition) is 3. The van der Waals surface area contributed by atoms with Crippen LogP contribution in [-0.4, -0.2) is 29.0 Å². The summed E-state index contributed by atoms with van der Waals surface area (Å²) in [5.41, 5.74) is 2.72. The highest BCUT2D eigenvalue weighted by Gasteiger charge is 2.19. The van der Waals surface area contributed by atoms with Crippen LogP contribution in [0.3, 0.4) is 0 Å². The van der Waals surface area contributed by atoms with E-state index in [2.05, 4.69) is 17.2 Å². The molecule has 1 aromatic rings. The van der Waals surface area contributed by atoms with Crippen LogP contribution in [-0.2, 0) is 6.54 Å². The molecule has 1 N–H and O–H groups in total. The lowest BCUT2D eigenvalue weighted by molar-refractivity contribution is 0.173. The van der Waals surface area contributed by atoms with Crippen LogP contribution in [0.2, 0.25) is 0 Å². The van der Waals surface area contributed by atoms with E-state index in [-0.39, 0.29) is 6.03 Å². The van der Waals surface area contributed by atoms with Crippen LogP contribution in [0.25, 0.3) is 0 Å². The van der Waals surface area contributed by atoms with E-state index >= 15 is 0 Å². The highest BCUT2D eigenvalue weighted by atomic mass is 32.1. The van der Waals surface area contributed by atoms with Gasteiger partial charge in [0.25, 0.3) is 0 Å². The highest BCUT2D eigenvalue weighted by Crippen LogP contribution is 2.15. The summed E-state index contributed by atoms with van der Waals surface area (Å²) in [6.45, 7) is 4.53. The monoisotopic (exact) mass is 239 g/mol. The molecule has 4 nitrogen and oxygen atoms in total. The Kier molecular flexibility index (Phi) is 3.77. The van der Waals surface area contributed by atoms with Gasteiger partial charge in [0.15, 0.2) is 0 Å². The number of carbonyl (C=O) groups excluding carboxylic acids is 1. The molecule has 16 heavy (non-hydrogen) atoms. The van der Waals surface area contributed by atoms with Crippen molar-refractivity contribution in [1.82, 2.24) is 15.2 Å². The van der Waals surface area contributed by atoms with Gasteiger partial charge in [-0.05, 0) is 18.8 Å². The molecule has 0 aromatic carbocycles. The fraction of sp³-hybridized carbons (Fsp3) is 0.636. The van der Waals surface area contributed by atoms with Crippen molar-refractivity contribution in [2.75, 3.05) is 13.1 Å². The Morgan fingerprint density at radius 3 is 3.00 bits per heavy atom. The molecule has 0 atom stereocenters. The van der Waals surface area contributed by atoms with E-state index in [1.54, 1.807) is 16.8 Å². The summed E-state index contributed by atoms with van der Waals surface area (Å²) in [6, 6.07) is 0.0416. The smallest absolute Gasteiger partial charge is 0.317 e. The van der Waals surface area contributed by atoms with Crippen molar-refractivity contribution < 1.29 is 4.79 Å². The van der Waals surface area contributed by atoms with Crippen LogP contribution in [0.15, 0.2) is 10.9 Å². The second-order valence-electron chi connectivity index (χ2n) is 4.31. The maximum absolute atomic E-state index is 11.8. The number of nitrogens with zero attached hydrogens (tertiary/aromatic N) is 2. The zero-order valence-electron chi connectivity index (χ0n) is 9.48. The van der Waals surface area contributed by atoms with Gasteiger partial charge in [0, 0.05) is 18.5 Å². The number of urea groups is 1. The van der Waals surface area contributed by atoms with Gasteiger partial charge in [0.05, 0.1) is 17.7 Å². The molecule has 1 fully saturated rings. The Labute approximate surface area is 99.7 Å². The molecule has 0 saturated carbocycles. The van der Waals surface area contributed by atoms with E-state index < -0.39 is 0 Å². The van der Waals surface area contributed by atoms with Crippen LogP contribution < -0.4 is 5.32 Å². The molecular weight excluding hydrogens is 222 g/mol. The lowest BCUT2D eigenvalue weighted by Crippen LogP contribution is -2.43. The van der Waals surface area contributed by atoms with Crippen molar-refractivity contribution in [1.29, 1.82) is 0 Å². The predicted octanol–water partition coefficient (Wildman–Crippen LogP) is 2.08. The fourth-order valence-electron chi connectivity index (χ4n) is 1.81. The van der Waals surface area contributed by atoms with Crippen LogP contribution in [0.5, 0.6) is 0 Å². The van der Waals surface area contributed by atoms with Crippen LogP contribution >= 0.6 is 11.3 Å². The number of aromatic nitrogens is 1. The average molecular weight is 239 g/mol. The largest absolute Gasteiger partial charge is 0.332 e. The third-order valence-corrected chi connectivity index (χ3v) is 3.61. The maximum Gasteiger partial charge on any atom is 0.317 e. The Morgan fingerprint density at radius 1 is 1.62 bits per heavy atom. The van der Waals surface area contributed by atoms with Gasteiger partial charge in [0.2, 0.25) is 0 Å². The number of carbonyl (C=O) groups is 1. The van der Waals surface area contributed by atoms with E-state index in [4.69, 9.17) is 0 Å². The van der Waals surface area contributed by atoms with Crippen molar-refractivity contribution >= 4 is 17.4 Å². The lowest BCUT2D eigenvalue weighted by atomic mass is 10.00. The van der Waals surface area contributed by atoms with Crippen LogP contribution in [0, 0.1) is 5.92 Å². The molecule has 1 saturated heterocycles. The number of nitrogens with one attached hydrogen (secondary N) is 1. The number of rotatable bonds is 2. The molecule has 0 bridgehead atoms. The molecule has 1 aromatic heterocycles. The summed E-state index contributed by atoms with van der Waals surface area (Å²) in [4.78, 5) is 17.8. The lowest BCUT2D eigenvalue weighted by Gasteiger charge is -2.30. The SMILES string of the molecule is CC1CCN(C(=O)NCc2cscn2)CC1. The summed E-state index contributed by atoms with van der Waals surface area (Å²) in [7, 11) is 0. The van der Waals surface area contributed by atoms with Crippen LogP contribution in [0.1, 0.15) is 25.5 Å². The molecule has 2 amide bonds. The van der Waals surface area contributed by atoms with Gasteiger partial charge in [-0.25, -0.2) is 9.78 Å². The second-order valence-corrected chi connectivity index (χ2v) is 5.03. The molecule has 2 heterocycles. The first-order chi connectivity index (χ1) is 7.75. The number of likely N-dealkylation sites (tertiary alicyclic amines) is 1. The summed E-state index contributed by atoms with van der Waals surface area (Å²) < 4.78 is 0. The van der Waals surface area contributed by atoms with Crippen molar-refractivity contribution in [2.24, 2.45) is 5.92 Å². The Morgan fingerprint density at radius 2 is 2.38 bits per heavy atom. The van der Waals surface area contributed by atoms with E-state index in [1.807, 2.05) is 10.3 Å². The van der Waals surface area contributed by atoms with E-state index in [9.17, 15) is 4.79 Å². The first kappa shape index (κ1) is 11.4. The average Bonchev–Trinajstić information content (AvgIpc) is 2.80. The van der Waals surface area contributed by atoms with Gasteiger partial charge in [-0.3, -0.25) is 0 Å². The standard InChI is InChI=1S/C11H17N3OS/c1-9-2-4-14(5-3-9)11(15)12-6-10-7-16-8-13-10/h7-9H,2-6H2,1H3,(H,12,15). The molecule has 1 aliphatic rings. The first-order valence-electron chi connectivity index (χ1n) is 5.65. The van der Waals surface area contributed by atoms with E-state index in [0.717, 1.165) is 37.5 Å². The minimum Gasteiger partial charge on any atom is -0.332 e. The Bertz CT molecular complexity index is 331. The topological polar surface area (TPSA) is 45.2 Å². The minimum atomic E-state index is 0.0416. The zero-order chi connectivity index (χ0) is 11.4. The second kappa shape index (κ2) is 5.30. The molecule has 88 valence electrons. The van der Waals surface area contributed by atoms with Crippen molar-refractivity contribution in [3.8, 4) is 0 Å². The molecule has 0 unspecified atom stereocenters. The molecular formula is C11H17N3OS. The Hall–Kier alpha value is -1.10. The van der Waals surface area contributed by atoms with Gasteiger partial charge in [-0.2, -0.15) is 0 Å². The van der Waals surface area contributed by atoms with Crippen molar-refractivity contribution in [3.05, 3.63) is 16.6 Å². The predicted molar refractivity (Wildman–Crippen MR) is 64.3 cm³/mol. The molecule has 0 radical (unpaired) electrons. The molecule has 0 aliphatic carbocycles. The van der Waals surface area contributed by atoms with Crippen molar-refractivity contribution in [2.45, 2.75) is 26.3 Å². The number of thiazole rings is 1. The summed E-state index contributed by atoms with van der Waals surface area (Å²) >= 11 is 1.55. The number of amides is 2. The Balaban J connectivity index is 1.75. The third-order valence-electron chi connectivity index (χ3n) is 2.98. The molecule has 2 rings (SSSR count). The summed E-state index contributed by atoms with van der Waals surface area (Å²) in [5, 5.41) is 4.86.